The van der Waals surface area contributed by atoms with Crippen molar-refractivity contribution in [2.45, 2.75) is 52.9 Å². The van der Waals surface area contributed by atoms with Gasteiger partial charge in [0.25, 0.3) is 0 Å². The van der Waals surface area contributed by atoms with Crippen molar-refractivity contribution in [1.82, 2.24) is 9.38 Å². The third-order valence-corrected chi connectivity index (χ3v) is 6.17. The summed E-state index contributed by atoms with van der Waals surface area (Å²) in [5.41, 5.74) is 8.09. The van der Waals surface area contributed by atoms with E-state index in [1.165, 1.54) is 31.4 Å². The lowest BCUT2D eigenvalue weighted by Crippen LogP contribution is -2.39. The Morgan fingerprint density at radius 2 is 2.10 bits per heavy atom. The number of nitrogens with zero attached hydrogens (tertiary/aromatic N) is 2. The molecule has 0 saturated heterocycles. The third kappa shape index (κ3) is 3.02. The zero-order chi connectivity index (χ0) is 15.1. The molecule has 0 unspecified atom stereocenters. The second-order valence-corrected chi connectivity index (χ2v) is 8.72. The molecule has 1 fully saturated rings. The maximum Gasteiger partial charge on any atom is 0.193 e. The van der Waals surface area contributed by atoms with Crippen molar-refractivity contribution in [3.63, 3.8) is 0 Å². The standard InChI is InChI=1S/C17H27N3S/c1-16(2,3)13-4-6-17(12-18,7-5-13)10-14-11-20-8-9-21-15(20)19-14/h8-9,11,13H,4-7,10,12,18H2,1-3H3. The highest BCUT2D eigenvalue weighted by Gasteiger charge is 2.38. The Balaban J connectivity index is 1.72. The van der Waals surface area contributed by atoms with Gasteiger partial charge in [-0.05, 0) is 55.4 Å². The molecule has 2 aromatic heterocycles. The topological polar surface area (TPSA) is 43.3 Å². The number of fused-ring (bicyclic) bond motifs is 1. The van der Waals surface area contributed by atoms with Crippen LogP contribution in [0.25, 0.3) is 4.96 Å². The summed E-state index contributed by atoms with van der Waals surface area (Å²) in [5.74, 6) is 0.836. The molecule has 0 radical (unpaired) electrons. The number of imidazole rings is 1. The monoisotopic (exact) mass is 305 g/mol. The predicted molar refractivity (Wildman–Crippen MR) is 89.7 cm³/mol. The van der Waals surface area contributed by atoms with E-state index in [2.05, 4.69) is 42.9 Å². The van der Waals surface area contributed by atoms with E-state index >= 15 is 0 Å². The highest BCUT2D eigenvalue weighted by atomic mass is 32.1. The number of hydrogen-bond acceptors (Lipinski definition) is 3. The summed E-state index contributed by atoms with van der Waals surface area (Å²) in [5, 5.41) is 2.08. The van der Waals surface area contributed by atoms with Gasteiger partial charge in [-0.15, -0.1) is 11.3 Å². The van der Waals surface area contributed by atoms with Crippen LogP contribution in [0, 0.1) is 16.7 Å². The van der Waals surface area contributed by atoms with E-state index in [9.17, 15) is 0 Å². The van der Waals surface area contributed by atoms with Crippen LogP contribution in [0.1, 0.15) is 52.1 Å². The molecule has 3 rings (SSSR count). The van der Waals surface area contributed by atoms with Crippen molar-refractivity contribution in [3.8, 4) is 0 Å². The van der Waals surface area contributed by atoms with Gasteiger partial charge in [-0.1, -0.05) is 20.8 Å². The van der Waals surface area contributed by atoms with Crippen molar-refractivity contribution < 1.29 is 0 Å². The molecule has 1 saturated carbocycles. The minimum absolute atomic E-state index is 0.270. The van der Waals surface area contributed by atoms with Crippen molar-refractivity contribution in [2.24, 2.45) is 22.5 Å². The minimum atomic E-state index is 0.270. The molecule has 0 aliphatic heterocycles. The first-order valence-corrected chi connectivity index (χ1v) is 8.91. The van der Waals surface area contributed by atoms with E-state index in [4.69, 9.17) is 10.7 Å². The second-order valence-electron chi connectivity index (χ2n) is 7.85. The lowest BCUT2D eigenvalue weighted by atomic mass is 9.63. The highest BCUT2D eigenvalue weighted by Crippen LogP contribution is 2.46. The zero-order valence-corrected chi connectivity index (χ0v) is 14.2. The van der Waals surface area contributed by atoms with Gasteiger partial charge in [0.1, 0.15) is 0 Å². The number of nitrogens with two attached hydrogens (primary N) is 1. The molecule has 0 atom stereocenters. The molecule has 2 N–H and O–H groups in total. The number of thiazole rings is 1. The van der Waals surface area contributed by atoms with Gasteiger partial charge in [-0.2, -0.15) is 0 Å². The van der Waals surface area contributed by atoms with E-state index in [0.29, 0.717) is 5.41 Å². The largest absolute Gasteiger partial charge is 0.330 e. The Hall–Kier alpha value is -0.870. The van der Waals surface area contributed by atoms with Gasteiger partial charge in [-0.25, -0.2) is 4.98 Å². The lowest BCUT2D eigenvalue weighted by Gasteiger charge is -2.43. The van der Waals surface area contributed by atoms with E-state index in [1.807, 2.05) is 0 Å². The van der Waals surface area contributed by atoms with Gasteiger partial charge in [0.2, 0.25) is 0 Å². The first-order valence-electron chi connectivity index (χ1n) is 8.03. The molecule has 0 spiro atoms. The maximum atomic E-state index is 6.18. The Labute approximate surface area is 131 Å². The van der Waals surface area contributed by atoms with Crippen LogP contribution in [-0.4, -0.2) is 15.9 Å². The summed E-state index contributed by atoms with van der Waals surface area (Å²) in [6.45, 7) is 7.90. The van der Waals surface area contributed by atoms with E-state index in [1.54, 1.807) is 11.3 Å². The first-order chi connectivity index (χ1) is 9.92. The van der Waals surface area contributed by atoms with Crippen LogP contribution in [-0.2, 0) is 6.42 Å². The molecule has 1 aliphatic rings. The summed E-state index contributed by atoms with van der Waals surface area (Å²) < 4.78 is 2.13. The van der Waals surface area contributed by atoms with Crippen LogP contribution in [0.15, 0.2) is 17.8 Å². The average Bonchev–Trinajstić information content (AvgIpc) is 2.99. The molecule has 0 amide bonds. The van der Waals surface area contributed by atoms with Crippen LogP contribution in [0.2, 0.25) is 0 Å². The van der Waals surface area contributed by atoms with Crippen LogP contribution in [0.3, 0.4) is 0 Å². The fourth-order valence-corrected chi connectivity index (χ4v) is 4.51. The summed E-state index contributed by atoms with van der Waals surface area (Å²) in [6.07, 6.45) is 10.4. The molecule has 0 bridgehead atoms. The number of rotatable bonds is 3. The quantitative estimate of drug-likeness (QED) is 0.927. The van der Waals surface area contributed by atoms with Gasteiger partial charge in [0.15, 0.2) is 4.96 Å². The zero-order valence-electron chi connectivity index (χ0n) is 13.4. The average molecular weight is 305 g/mol. The Kier molecular flexibility index (Phi) is 3.87. The predicted octanol–water partition coefficient (Wildman–Crippen LogP) is 4.12. The molecule has 1 aliphatic carbocycles. The molecule has 4 heteroatoms. The molecule has 2 heterocycles. The van der Waals surface area contributed by atoms with E-state index in [-0.39, 0.29) is 5.41 Å². The molecule has 0 aromatic carbocycles. The summed E-state index contributed by atoms with van der Waals surface area (Å²) in [4.78, 5) is 5.85. The summed E-state index contributed by atoms with van der Waals surface area (Å²) >= 11 is 1.70. The SMILES string of the molecule is CC(C)(C)C1CCC(CN)(Cc2cn3ccsc3n2)CC1. The van der Waals surface area contributed by atoms with E-state index < -0.39 is 0 Å². The van der Waals surface area contributed by atoms with Gasteiger partial charge in [0.05, 0.1) is 5.69 Å². The van der Waals surface area contributed by atoms with Crippen LogP contribution >= 0.6 is 11.3 Å². The smallest absolute Gasteiger partial charge is 0.193 e. The minimum Gasteiger partial charge on any atom is -0.330 e. The molecule has 3 nitrogen and oxygen atoms in total. The van der Waals surface area contributed by atoms with Crippen molar-refractivity contribution >= 4 is 16.3 Å². The number of hydrogen-bond donors (Lipinski definition) is 1. The van der Waals surface area contributed by atoms with Crippen molar-refractivity contribution in [1.29, 1.82) is 0 Å². The Morgan fingerprint density at radius 3 is 2.67 bits per heavy atom. The molecule has 2 aromatic rings. The normalized spacial score (nSPS) is 27.3. The third-order valence-electron chi connectivity index (χ3n) is 5.40. The van der Waals surface area contributed by atoms with Gasteiger partial charge in [-0.3, -0.25) is 4.40 Å². The fourth-order valence-electron chi connectivity index (χ4n) is 3.79. The molecule has 116 valence electrons. The molecule has 21 heavy (non-hydrogen) atoms. The first kappa shape index (κ1) is 15.0. The van der Waals surface area contributed by atoms with Crippen molar-refractivity contribution in [3.05, 3.63) is 23.5 Å². The van der Waals surface area contributed by atoms with Crippen molar-refractivity contribution in [2.75, 3.05) is 6.54 Å². The van der Waals surface area contributed by atoms with Gasteiger partial charge < -0.3 is 5.73 Å². The Bertz CT molecular complexity index is 568. The lowest BCUT2D eigenvalue weighted by molar-refractivity contribution is 0.0920. The Morgan fingerprint density at radius 1 is 1.38 bits per heavy atom. The van der Waals surface area contributed by atoms with Crippen LogP contribution < -0.4 is 5.73 Å². The second kappa shape index (κ2) is 5.40. The number of aromatic nitrogens is 2. The van der Waals surface area contributed by atoms with Gasteiger partial charge in [0, 0.05) is 17.8 Å². The summed E-state index contributed by atoms with van der Waals surface area (Å²) in [6, 6.07) is 0. The summed E-state index contributed by atoms with van der Waals surface area (Å²) in [7, 11) is 0. The fraction of sp³-hybridized carbons (Fsp3) is 0.706. The molecular formula is C17H27N3S. The highest BCUT2D eigenvalue weighted by molar-refractivity contribution is 7.15. The van der Waals surface area contributed by atoms with E-state index in [0.717, 1.165) is 23.8 Å². The van der Waals surface area contributed by atoms with Crippen LogP contribution in [0.4, 0.5) is 0 Å². The van der Waals surface area contributed by atoms with Gasteiger partial charge >= 0.3 is 0 Å². The molecular weight excluding hydrogens is 278 g/mol. The van der Waals surface area contributed by atoms with Crippen LogP contribution in [0.5, 0.6) is 0 Å². The maximum absolute atomic E-state index is 6.18.